The van der Waals surface area contributed by atoms with Gasteiger partial charge in [-0.2, -0.15) is 13.2 Å². The average Bonchev–Trinajstić information content (AvgIpc) is 2.46. The molecule has 0 spiro atoms. The molecule has 2 aromatic rings. The van der Waals surface area contributed by atoms with Gasteiger partial charge < -0.3 is 5.32 Å². The minimum atomic E-state index is -4.35. The minimum Gasteiger partial charge on any atom is -0.313 e. The summed E-state index contributed by atoms with van der Waals surface area (Å²) in [5, 5.41) is 3.02. The molecule has 5 heteroatoms. The second kappa shape index (κ2) is 6.26. The van der Waals surface area contributed by atoms with Crippen molar-refractivity contribution in [3.63, 3.8) is 0 Å². The molecule has 0 unspecified atom stereocenters. The van der Waals surface area contributed by atoms with Gasteiger partial charge in [-0.3, -0.25) is 0 Å². The number of alkyl halides is 3. The number of hydrogen-bond acceptors (Lipinski definition) is 1. The summed E-state index contributed by atoms with van der Waals surface area (Å²) < 4.78 is 51.2. The Bertz CT molecular complexity index is 603. The maximum Gasteiger partial charge on any atom is 0.416 e. The predicted molar refractivity (Wildman–Crippen MR) is 74.2 cm³/mol. The van der Waals surface area contributed by atoms with Gasteiger partial charge in [-0.25, -0.2) is 4.39 Å². The van der Waals surface area contributed by atoms with Gasteiger partial charge in [0.25, 0.3) is 0 Å². The normalized spacial score (nSPS) is 11.7. The molecule has 0 saturated heterocycles. The quantitative estimate of drug-likeness (QED) is 0.812. The maximum absolute atomic E-state index is 13.6. The molecular weight excluding hydrogens is 282 g/mol. The van der Waals surface area contributed by atoms with Crippen molar-refractivity contribution in [1.82, 2.24) is 5.32 Å². The third kappa shape index (κ3) is 3.82. The highest BCUT2D eigenvalue weighted by Crippen LogP contribution is 2.31. The molecule has 1 nitrogen and oxygen atoms in total. The van der Waals surface area contributed by atoms with E-state index in [4.69, 9.17) is 0 Å². The van der Waals surface area contributed by atoms with E-state index in [1.54, 1.807) is 12.1 Å². The van der Waals surface area contributed by atoms with Crippen LogP contribution in [0.25, 0.3) is 11.1 Å². The first-order valence-electron chi connectivity index (χ1n) is 6.58. The maximum atomic E-state index is 13.6. The molecule has 2 rings (SSSR count). The summed E-state index contributed by atoms with van der Waals surface area (Å²) in [7, 11) is 0. The van der Waals surface area contributed by atoms with Gasteiger partial charge in [0.2, 0.25) is 0 Å². The van der Waals surface area contributed by atoms with Crippen molar-refractivity contribution in [2.45, 2.75) is 19.6 Å². The van der Waals surface area contributed by atoms with Gasteiger partial charge in [-0.1, -0.05) is 25.1 Å². The highest BCUT2D eigenvalue weighted by Gasteiger charge is 2.29. The molecule has 21 heavy (non-hydrogen) atoms. The molecule has 0 radical (unpaired) electrons. The Morgan fingerprint density at radius 1 is 0.952 bits per heavy atom. The Morgan fingerprint density at radius 3 is 2.14 bits per heavy atom. The van der Waals surface area contributed by atoms with Crippen LogP contribution in [0.15, 0.2) is 42.5 Å². The summed E-state index contributed by atoms with van der Waals surface area (Å²) in [6.45, 7) is 3.01. The van der Waals surface area contributed by atoms with Crippen LogP contribution in [0.3, 0.4) is 0 Å². The van der Waals surface area contributed by atoms with Crippen LogP contribution in [0.5, 0.6) is 0 Å². The van der Waals surface area contributed by atoms with Gasteiger partial charge in [0.1, 0.15) is 5.82 Å². The van der Waals surface area contributed by atoms with Crippen molar-refractivity contribution in [2.75, 3.05) is 6.54 Å². The molecule has 0 bridgehead atoms. The summed E-state index contributed by atoms with van der Waals surface area (Å²) >= 11 is 0. The van der Waals surface area contributed by atoms with Crippen LogP contribution >= 0.6 is 0 Å². The van der Waals surface area contributed by atoms with Crippen LogP contribution in [0.1, 0.15) is 18.1 Å². The second-order valence-corrected chi connectivity index (χ2v) is 4.66. The van der Waals surface area contributed by atoms with E-state index in [2.05, 4.69) is 5.32 Å². The third-order valence-electron chi connectivity index (χ3n) is 3.16. The fraction of sp³-hybridized carbons (Fsp3) is 0.250. The summed E-state index contributed by atoms with van der Waals surface area (Å²) in [6, 6.07) is 9.40. The van der Waals surface area contributed by atoms with Crippen molar-refractivity contribution in [3.05, 3.63) is 59.4 Å². The molecule has 0 aliphatic heterocycles. The smallest absolute Gasteiger partial charge is 0.313 e. The summed E-state index contributed by atoms with van der Waals surface area (Å²) in [5.41, 5.74) is 1.12. The average molecular weight is 297 g/mol. The standard InChI is InChI=1S/C16H15F4N/c1-2-21-10-13-9-12(5-8-15(13)17)11-3-6-14(7-4-11)16(18,19)20/h3-9,21H,2,10H2,1H3. The van der Waals surface area contributed by atoms with Crippen LogP contribution < -0.4 is 5.32 Å². The lowest BCUT2D eigenvalue weighted by molar-refractivity contribution is -0.137. The lowest BCUT2D eigenvalue weighted by Gasteiger charge is -2.10. The fourth-order valence-corrected chi connectivity index (χ4v) is 2.00. The minimum absolute atomic E-state index is 0.327. The van der Waals surface area contributed by atoms with Gasteiger partial charge in [0, 0.05) is 12.1 Å². The van der Waals surface area contributed by atoms with E-state index >= 15 is 0 Å². The van der Waals surface area contributed by atoms with Crippen molar-refractivity contribution in [1.29, 1.82) is 0 Å². The predicted octanol–water partition coefficient (Wildman–Crippen LogP) is 4.62. The van der Waals surface area contributed by atoms with E-state index in [-0.39, 0.29) is 5.82 Å². The van der Waals surface area contributed by atoms with Crippen molar-refractivity contribution in [3.8, 4) is 11.1 Å². The molecule has 1 N–H and O–H groups in total. The van der Waals surface area contributed by atoms with E-state index in [1.165, 1.54) is 18.2 Å². The SMILES string of the molecule is CCNCc1cc(-c2ccc(C(F)(F)F)cc2)ccc1F. The molecule has 0 saturated carbocycles. The molecule has 0 aromatic heterocycles. The highest BCUT2D eigenvalue weighted by atomic mass is 19.4. The third-order valence-corrected chi connectivity index (χ3v) is 3.16. The Balaban J connectivity index is 2.29. The summed E-state index contributed by atoms with van der Waals surface area (Å²) in [6.07, 6.45) is -4.35. The van der Waals surface area contributed by atoms with E-state index in [9.17, 15) is 17.6 Å². The number of benzene rings is 2. The number of rotatable bonds is 4. The topological polar surface area (TPSA) is 12.0 Å². The zero-order valence-electron chi connectivity index (χ0n) is 11.5. The molecule has 0 aliphatic rings. The van der Waals surface area contributed by atoms with Gasteiger partial charge in [0.15, 0.2) is 0 Å². The van der Waals surface area contributed by atoms with Gasteiger partial charge >= 0.3 is 6.18 Å². The van der Waals surface area contributed by atoms with E-state index in [1.807, 2.05) is 6.92 Å². The molecule has 0 fully saturated rings. The zero-order valence-corrected chi connectivity index (χ0v) is 11.5. The fourth-order valence-electron chi connectivity index (χ4n) is 2.00. The second-order valence-electron chi connectivity index (χ2n) is 4.66. The molecule has 0 amide bonds. The van der Waals surface area contributed by atoms with Crippen molar-refractivity contribution >= 4 is 0 Å². The van der Waals surface area contributed by atoms with Crippen molar-refractivity contribution < 1.29 is 17.6 Å². The van der Waals surface area contributed by atoms with Gasteiger partial charge in [0.05, 0.1) is 5.56 Å². The number of halogens is 4. The first-order chi connectivity index (χ1) is 9.91. The van der Waals surface area contributed by atoms with Crippen LogP contribution in [-0.4, -0.2) is 6.54 Å². The first-order valence-corrected chi connectivity index (χ1v) is 6.58. The van der Waals surface area contributed by atoms with Crippen LogP contribution in [0.4, 0.5) is 17.6 Å². The Morgan fingerprint density at radius 2 is 1.57 bits per heavy atom. The first kappa shape index (κ1) is 15.5. The van der Waals surface area contributed by atoms with Crippen LogP contribution in [-0.2, 0) is 12.7 Å². The molecule has 112 valence electrons. The van der Waals surface area contributed by atoms with E-state index in [0.29, 0.717) is 29.8 Å². The van der Waals surface area contributed by atoms with E-state index in [0.717, 1.165) is 12.1 Å². The lowest BCUT2D eigenvalue weighted by atomic mass is 10.0. The largest absolute Gasteiger partial charge is 0.416 e. The zero-order chi connectivity index (χ0) is 15.5. The number of hydrogen-bond donors (Lipinski definition) is 1. The van der Waals surface area contributed by atoms with E-state index < -0.39 is 11.7 Å². The monoisotopic (exact) mass is 297 g/mol. The van der Waals surface area contributed by atoms with Gasteiger partial charge in [-0.15, -0.1) is 0 Å². The van der Waals surface area contributed by atoms with Gasteiger partial charge in [-0.05, 0) is 41.9 Å². The van der Waals surface area contributed by atoms with Crippen LogP contribution in [0.2, 0.25) is 0 Å². The Hall–Kier alpha value is -1.88. The highest BCUT2D eigenvalue weighted by molar-refractivity contribution is 5.64. The molecule has 0 heterocycles. The Labute approximate surface area is 120 Å². The summed E-state index contributed by atoms with van der Waals surface area (Å²) in [5.74, 6) is -0.327. The number of nitrogens with one attached hydrogen (secondary N) is 1. The molecule has 2 aromatic carbocycles. The van der Waals surface area contributed by atoms with Crippen LogP contribution in [0, 0.1) is 5.82 Å². The Kier molecular flexibility index (Phi) is 4.63. The molecular formula is C16H15F4N. The lowest BCUT2D eigenvalue weighted by Crippen LogP contribution is -2.13. The molecule has 0 aliphatic carbocycles. The van der Waals surface area contributed by atoms with Crippen molar-refractivity contribution in [2.24, 2.45) is 0 Å². The summed E-state index contributed by atoms with van der Waals surface area (Å²) in [4.78, 5) is 0. The molecule has 0 atom stereocenters.